The second-order valence-electron chi connectivity index (χ2n) is 7.24. The number of nitrogens with zero attached hydrogens (tertiary/aromatic N) is 1. The zero-order valence-electron chi connectivity index (χ0n) is 13.5. The van der Waals surface area contributed by atoms with Gasteiger partial charge in [-0.05, 0) is 56.9 Å². The summed E-state index contributed by atoms with van der Waals surface area (Å²) in [6.45, 7) is 5.23. The summed E-state index contributed by atoms with van der Waals surface area (Å²) in [6, 6.07) is 6.08. The molecule has 2 bridgehead atoms. The van der Waals surface area contributed by atoms with E-state index in [1.807, 2.05) is 19.9 Å². The smallest absolute Gasteiger partial charge is 0.123 e. The van der Waals surface area contributed by atoms with Crippen molar-refractivity contribution in [3.63, 3.8) is 0 Å². The van der Waals surface area contributed by atoms with E-state index >= 15 is 0 Å². The first-order valence-corrected chi connectivity index (χ1v) is 8.29. The first kappa shape index (κ1) is 14.6. The van der Waals surface area contributed by atoms with Crippen molar-refractivity contribution < 1.29 is 4.74 Å². The van der Waals surface area contributed by atoms with Crippen molar-refractivity contribution in [2.45, 2.75) is 45.6 Å². The Balaban J connectivity index is 1.69. The Kier molecular flexibility index (Phi) is 4.01. The maximum Gasteiger partial charge on any atom is 0.123 e. The van der Waals surface area contributed by atoms with Crippen molar-refractivity contribution >= 4 is 11.4 Å². The van der Waals surface area contributed by atoms with Crippen LogP contribution in [0, 0.1) is 17.8 Å². The number of nitrogens with two attached hydrogens (primary N) is 1. The highest BCUT2D eigenvalue weighted by Gasteiger charge is 2.39. The maximum absolute atomic E-state index is 6.03. The van der Waals surface area contributed by atoms with Gasteiger partial charge in [0.1, 0.15) is 5.75 Å². The van der Waals surface area contributed by atoms with Gasteiger partial charge >= 0.3 is 0 Å². The molecule has 3 unspecified atom stereocenters. The van der Waals surface area contributed by atoms with Gasteiger partial charge in [-0.15, -0.1) is 0 Å². The third-order valence-electron chi connectivity index (χ3n) is 5.12. The molecule has 1 aromatic carbocycles. The van der Waals surface area contributed by atoms with E-state index in [-0.39, 0.29) is 6.10 Å². The van der Waals surface area contributed by atoms with E-state index in [4.69, 9.17) is 10.5 Å². The predicted octanol–water partition coefficient (Wildman–Crippen LogP) is 3.93. The van der Waals surface area contributed by atoms with E-state index in [1.165, 1.54) is 31.4 Å². The summed E-state index contributed by atoms with van der Waals surface area (Å²) in [4.78, 5) is 2.36. The van der Waals surface area contributed by atoms with Crippen LogP contribution in [0.2, 0.25) is 0 Å². The molecular weight excluding hydrogens is 260 g/mol. The fourth-order valence-electron chi connectivity index (χ4n) is 4.22. The average Bonchev–Trinajstić information content (AvgIpc) is 2.99. The van der Waals surface area contributed by atoms with Crippen LogP contribution in [0.1, 0.15) is 39.5 Å². The summed E-state index contributed by atoms with van der Waals surface area (Å²) >= 11 is 0. The number of nitrogen functional groups attached to an aromatic ring is 1. The minimum absolute atomic E-state index is 0.176. The molecule has 0 heterocycles. The highest BCUT2D eigenvalue weighted by molar-refractivity contribution is 5.60. The molecule has 116 valence electrons. The Morgan fingerprint density at radius 3 is 2.67 bits per heavy atom. The van der Waals surface area contributed by atoms with Crippen molar-refractivity contribution in [2.75, 3.05) is 24.2 Å². The highest BCUT2D eigenvalue weighted by Crippen LogP contribution is 2.48. The molecule has 0 amide bonds. The molecule has 2 saturated carbocycles. The summed E-state index contributed by atoms with van der Waals surface area (Å²) in [6.07, 6.45) is 5.98. The molecule has 3 heteroatoms. The summed E-state index contributed by atoms with van der Waals surface area (Å²) in [5.74, 6) is 3.71. The molecule has 2 aliphatic rings. The van der Waals surface area contributed by atoms with Crippen LogP contribution < -0.4 is 15.4 Å². The van der Waals surface area contributed by atoms with Crippen LogP contribution in [0.15, 0.2) is 18.2 Å². The largest absolute Gasteiger partial charge is 0.491 e. The lowest BCUT2D eigenvalue weighted by atomic mass is 9.88. The minimum atomic E-state index is 0.176. The number of ether oxygens (including phenoxy) is 1. The summed E-state index contributed by atoms with van der Waals surface area (Å²) < 4.78 is 5.80. The fourth-order valence-corrected chi connectivity index (χ4v) is 4.22. The third-order valence-corrected chi connectivity index (χ3v) is 5.12. The highest BCUT2D eigenvalue weighted by atomic mass is 16.5. The molecule has 0 radical (unpaired) electrons. The molecule has 0 spiro atoms. The number of fused-ring (bicyclic) bond motifs is 2. The predicted molar refractivity (Wildman–Crippen MR) is 88.8 cm³/mol. The molecule has 2 fully saturated rings. The zero-order valence-corrected chi connectivity index (χ0v) is 13.5. The Morgan fingerprint density at radius 2 is 2.05 bits per heavy atom. The zero-order chi connectivity index (χ0) is 15.0. The Labute approximate surface area is 128 Å². The van der Waals surface area contributed by atoms with E-state index in [9.17, 15) is 0 Å². The van der Waals surface area contributed by atoms with E-state index in [1.54, 1.807) is 0 Å². The molecule has 0 aromatic heterocycles. The van der Waals surface area contributed by atoms with Crippen LogP contribution in [0.3, 0.4) is 0 Å². The van der Waals surface area contributed by atoms with E-state index < -0.39 is 0 Å². The molecule has 1 aromatic rings. The van der Waals surface area contributed by atoms with E-state index in [2.05, 4.69) is 24.1 Å². The minimum Gasteiger partial charge on any atom is -0.491 e. The summed E-state index contributed by atoms with van der Waals surface area (Å²) in [5, 5.41) is 0. The average molecular weight is 288 g/mol. The van der Waals surface area contributed by atoms with Gasteiger partial charge in [0.2, 0.25) is 0 Å². The Bertz CT molecular complexity index is 500. The van der Waals surface area contributed by atoms with Crippen molar-refractivity contribution in [3.8, 4) is 5.75 Å². The van der Waals surface area contributed by atoms with Crippen molar-refractivity contribution in [3.05, 3.63) is 18.2 Å². The van der Waals surface area contributed by atoms with Crippen molar-refractivity contribution in [1.82, 2.24) is 0 Å². The molecule has 0 saturated heterocycles. The van der Waals surface area contributed by atoms with Crippen LogP contribution in [-0.2, 0) is 0 Å². The molecule has 3 nitrogen and oxygen atoms in total. The number of rotatable bonds is 5. The molecular formula is C18H28N2O. The van der Waals surface area contributed by atoms with Gasteiger partial charge < -0.3 is 15.4 Å². The van der Waals surface area contributed by atoms with Crippen LogP contribution >= 0.6 is 0 Å². The molecule has 0 aliphatic heterocycles. The third kappa shape index (κ3) is 3.28. The van der Waals surface area contributed by atoms with Gasteiger partial charge in [-0.3, -0.25) is 0 Å². The van der Waals surface area contributed by atoms with Gasteiger partial charge in [-0.25, -0.2) is 0 Å². The Morgan fingerprint density at radius 1 is 1.24 bits per heavy atom. The van der Waals surface area contributed by atoms with Gasteiger partial charge in [-0.2, -0.15) is 0 Å². The number of hydrogen-bond donors (Lipinski definition) is 1. The molecule has 3 atom stereocenters. The van der Waals surface area contributed by atoms with Crippen LogP contribution in [0.4, 0.5) is 11.4 Å². The second-order valence-corrected chi connectivity index (χ2v) is 7.24. The normalized spacial score (nSPS) is 27.3. The van der Waals surface area contributed by atoms with Gasteiger partial charge in [0.15, 0.2) is 0 Å². The summed E-state index contributed by atoms with van der Waals surface area (Å²) in [5.41, 5.74) is 7.99. The molecule has 21 heavy (non-hydrogen) atoms. The standard InChI is InChI=1S/C18H28N2O/c1-12(2)21-18-9-16(19)8-17(10-18)20(3)11-15-7-13-4-5-14(15)6-13/h8-10,12-15H,4-7,11,19H2,1-3H3. The number of hydrogen-bond acceptors (Lipinski definition) is 3. The van der Waals surface area contributed by atoms with Gasteiger partial charge in [-0.1, -0.05) is 6.42 Å². The number of anilines is 2. The lowest BCUT2D eigenvalue weighted by Gasteiger charge is -2.29. The second kappa shape index (κ2) is 5.78. The van der Waals surface area contributed by atoms with E-state index in [0.29, 0.717) is 0 Å². The van der Waals surface area contributed by atoms with Gasteiger partial charge in [0.05, 0.1) is 6.10 Å². The first-order chi connectivity index (χ1) is 10.0. The van der Waals surface area contributed by atoms with Crippen molar-refractivity contribution in [2.24, 2.45) is 17.8 Å². The van der Waals surface area contributed by atoms with Crippen molar-refractivity contribution in [1.29, 1.82) is 0 Å². The van der Waals surface area contributed by atoms with Crippen LogP contribution in [0.5, 0.6) is 5.75 Å². The quantitative estimate of drug-likeness (QED) is 0.834. The van der Waals surface area contributed by atoms with Gasteiger partial charge in [0.25, 0.3) is 0 Å². The maximum atomic E-state index is 6.03. The fraction of sp³-hybridized carbons (Fsp3) is 0.667. The first-order valence-electron chi connectivity index (χ1n) is 8.29. The topological polar surface area (TPSA) is 38.5 Å². The monoisotopic (exact) mass is 288 g/mol. The molecule has 2 aliphatic carbocycles. The molecule has 3 rings (SSSR count). The lowest BCUT2D eigenvalue weighted by Crippen LogP contribution is -2.28. The lowest BCUT2D eigenvalue weighted by molar-refractivity contribution is 0.242. The Hall–Kier alpha value is -1.38. The summed E-state index contributed by atoms with van der Waals surface area (Å²) in [7, 11) is 2.18. The van der Waals surface area contributed by atoms with Gasteiger partial charge in [0, 0.05) is 37.1 Å². The van der Waals surface area contributed by atoms with Crippen LogP contribution in [0.25, 0.3) is 0 Å². The van der Waals surface area contributed by atoms with E-state index in [0.717, 1.165) is 35.7 Å². The molecule has 2 N–H and O–H groups in total. The number of benzene rings is 1. The van der Waals surface area contributed by atoms with Crippen LogP contribution in [-0.4, -0.2) is 19.7 Å². The SMILES string of the molecule is CC(C)Oc1cc(N)cc(N(C)CC2CC3CCC2C3)c1.